The van der Waals surface area contributed by atoms with Crippen LogP contribution in [-0.2, 0) is 28.6 Å². The SMILES string of the molecule is CCCC=CCCC(=O)OCC(COC(=O)CCCCCCCCCCCCCCCCC)OC(=O)CCCCCCCCCCCCCCCCCCCCCCCCC. The molecule has 0 saturated carbocycles. The largest absolute Gasteiger partial charge is 0.462 e. The molecule has 0 aromatic carbocycles. The zero-order valence-electron chi connectivity index (χ0n) is 41.2. The molecule has 0 amide bonds. The summed E-state index contributed by atoms with van der Waals surface area (Å²) in [5.74, 6) is -0.926. The molecule has 61 heavy (non-hydrogen) atoms. The first-order valence-electron chi connectivity index (χ1n) is 27.2. The molecule has 0 rings (SSSR count). The number of rotatable bonds is 50. The van der Waals surface area contributed by atoms with E-state index in [1.807, 2.05) is 6.08 Å². The Morgan fingerprint density at radius 2 is 0.574 bits per heavy atom. The molecule has 0 heterocycles. The molecule has 1 unspecified atom stereocenters. The van der Waals surface area contributed by atoms with Crippen LogP contribution in [0, 0.1) is 0 Å². The monoisotopic (exact) mass is 861 g/mol. The van der Waals surface area contributed by atoms with Crippen LogP contribution in [-0.4, -0.2) is 37.2 Å². The lowest BCUT2D eigenvalue weighted by molar-refractivity contribution is -0.166. The van der Waals surface area contributed by atoms with Crippen molar-refractivity contribution in [3.8, 4) is 0 Å². The smallest absolute Gasteiger partial charge is 0.306 e. The maximum Gasteiger partial charge on any atom is 0.306 e. The van der Waals surface area contributed by atoms with Gasteiger partial charge in [0.25, 0.3) is 0 Å². The molecule has 0 aromatic rings. The van der Waals surface area contributed by atoms with Crippen molar-refractivity contribution < 1.29 is 28.6 Å². The molecule has 6 nitrogen and oxygen atoms in total. The van der Waals surface area contributed by atoms with Crippen molar-refractivity contribution >= 4 is 17.9 Å². The quantitative estimate of drug-likeness (QED) is 0.0262. The summed E-state index contributed by atoms with van der Waals surface area (Å²) < 4.78 is 16.6. The Hall–Kier alpha value is -1.85. The second kappa shape index (κ2) is 50.8. The summed E-state index contributed by atoms with van der Waals surface area (Å²) in [7, 11) is 0. The molecule has 0 aromatic heterocycles. The maximum absolute atomic E-state index is 12.7. The van der Waals surface area contributed by atoms with Crippen molar-refractivity contribution in [3.63, 3.8) is 0 Å². The highest BCUT2D eigenvalue weighted by molar-refractivity contribution is 5.71. The standard InChI is InChI=1S/C55H104O6/c1-4-7-10-13-15-17-19-21-23-24-25-26-27-28-29-30-32-34-36-38-40-43-46-49-55(58)61-52(50-59-53(56)47-44-41-12-9-6-3)51-60-54(57)48-45-42-39-37-35-33-31-22-20-18-16-14-11-8-5-2/h12,41,52H,4-11,13-40,42-51H2,1-3H3. The van der Waals surface area contributed by atoms with Gasteiger partial charge in [0.2, 0.25) is 0 Å². The molecule has 0 fully saturated rings. The molecule has 0 aliphatic rings. The van der Waals surface area contributed by atoms with Gasteiger partial charge in [0, 0.05) is 19.3 Å². The average molecular weight is 861 g/mol. The number of allylic oxidation sites excluding steroid dienone is 2. The predicted octanol–water partition coefficient (Wildman–Crippen LogP) is 17.8. The Bertz CT molecular complexity index is 947. The van der Waals surface area contributed by atoms with Crippen molar-refractivity contribution in [2.24, 2.45) is 0 Å². The average Bonchev–Trinajstić information content (AvgIpc) is 3.26. The van der Waals surface area contributed by atoms with Gasteiger partial charge in [0.1, 0.15) is 13.2 Å². The van der Waals surface area contributed by atoms with E-state index in [2.05, 4.69) is 26.8 Å². The van der Waals surface area contributed by atoms with Crippen LogP contribution in [0.4, 0.5) is 0 Å². The van der Waals surface area contributed by atoms with Crippen LogP contribution in [0.3, 0.4) is 0 Å². The molecule has 0 spiro atoms. The van der Waals surface area contributed by atoms with E-state index in [9.17, 15) is 14.4 Å². The lowest BCUT2D eigenvalue weighted by Crippen LogP contribution is -2.30. The molecule has 0 radical (unpaired) electrons. The normalized spacial score (nSPS) is 12.0. The Labute approximate surface area is 380 Å². The first-order chi connectivity index (χ1) is 30.0. The maximum atomic E-state index is 12.7. The number of hydrogen-bond acceptors (Lipinski definition) is 6. The van der Waals surface area contributed by atoms with Crippen LogP contribution in [0.25, 0.3) is 0 Å². The van der Waals surface area contributed by atoms with Crippen molar-refractivity contribution in [3.05, 3.63) is 12.2 Å². The van der Waals surface area contributed by atoms with Gasteiger partial charge in [-0.3, -0.25) is 14.4 Å². The van der Waals surface area contributed by atoms with E-state index < -0.39 is 6.10 Å². The third kappa shape index (κ3) is 49.0. The molecule has 6 heteroatoms. The van der Waals surface area contributed by atoms with Gasteiger partial charge in [-0.1, -0.05) is 270 Å². The van der Waals surface area contributed by atoms with Crippen molar-refractivity contribution in [2.45, 2.75) is 309 Å². The van der Waals surface area contributed by atoms with Crippen LogP contribution in [0.1, 0.15) is 303 Å². The molecule has 0 bridgehead atoms. The number of ether oxygens (including phenoxy) is 3. The van der Waals surface area contributed by atoms with Gasteiger partial charge in [-0.15, -0.1) is 0 Å². The van der Waals surface area contributed by atoms with E-state index in [1.54, 1.807) is 0 Å². The summed E-state index contributed by atoms with van der Waals surface area (Å²) in [6.45, 7) is 6.52. The van der Waals surface area contributed by atoms with Gasteiger partial charge < -0.3 is 14.2 Å². The molecule has 1 atom stereocenters. The summed E-state index contributed by atoms with van der Waals surface area (Å²) in [5, 5.41) is 0. The summed E-state index contributed by atoms with van der Waals surface area (Å²) >= 11 is 0. The third-order valence-electron chi connectivity index (χ3n) is 12.3. The van der Waals surface area contributed by atoms with Gasteiger partial charge in [-0.05, 0) is 25.7 Å². The Kier molecular flexibility index (Phi) is 49.3. The van der Waals surface area contributed by atoms with E-state index >= 15 is 0 Å². The topological polar surface area (TPSA) is 78.9 Å². The molecule has 0 aliphatic heterocycles. The summed E-state index contributed by atoms with van der Waals surface area (Å²) in [5.41, 5.74) is 0. The highest BCUT2D eigenvalue weighted by Gasteiger charge is 2.19. The van der Waals surface area contributed by atoms with Gasteiger partial charge in [0.05, 0.1) is 0 Å². The number of unbranched alkanes of at least 4 members (excludes halogenated alkanes) is 37. The van der Waals surface area contributed by atoms with E-state index in [1.165, 1.54) is 205 Å². The highest BCUT2D eigenvalue weighted by atomic mass is 16.6. The summed E-state index contributed by atoms with van der Waals surface area (Å²) in [6, 6.07) is 0. The fraction of sp³-hybridized carbons (Fsp3) is 0.909. The third-order valence-corrected chi connectivity index (χ3v) is 12.3. The van der Waals surface area contributed by atoms with Crippen molar-refractivity contribution in [1.29, 1.82) is 0 Å². The van der Waals surface area contributed by atoms with Crippen LogP contribution in [0.2, 0.25) is 0 Å². The fourth-order valence-corrected chi connectivity index (χ4v) is 8.18. The van der Waals surface area contributed by atoms with E-state index in [0.29, 0.717) is 19.3 Å². The number of esters is 3. The molecular weight excluding hydrogens is 757 g/mol. The van der Waals surface area contributed by atoms with Gasteiger partial charge in [-0.25, -0.2) is 0 Å². The Morgan fingerprint density at radius 3 is 0.885 bits per heavy atom. The lowest BCUT2D eigenvalue weighted by atomic mass is 10.0. The first kappa shape index (κ1) is 59.1. The predicted molar refractivity (Wildman–Crippen MR) is 261 cm³/mol. The van der Waals surface area contributed by atoms with Crippen molar-refractivity contribution in [1.82, 2.24) is 0 Å². The first-order valence-corrected chi connectivity index (χ1v) is 27.2. The second-order valence-corrected chi connectivity index (χ2v) is 18.5. The van der Waals surface area contributed by atoms with Crippen LogP contribution in [0.15, 0.2) is 12.2 Å². The number of hydrogen-bond donors (Lipinski definition) is 0. The summed E-state index contributed by atoms with van der Waals surface area (Å²) in [4.78, 5) is 37.6. The lowest BCUT2D eigenvalue weighted by Gasteiger charge is -2.18. The molecule has 0 aliphatic carbocycles. The molecule has 0 saturated heterocycles. The zero-order chi connectivity index (χ0) is 44.4. The summed E-state index contributed by atoms with van der Waals surface area (Å²) in [6.07, 6.45) is 57.0. The van der Waals surface area contributed by atoms with Crippen LogP contribution < -0.4 is 0 Å². The van der Waals surface area contributed by atoms with Crippen molar-refractivity contribution in [2.75, 3.05) is 13.2 Å². The minimum atomic E-state index is -0.776. The van der Waals surface area contributed by atoms with E-state index in [4.69, 9.17) is 14.2 Å². The van der Waals surface area contributed by atoms with Crippen LogP contribution in [0.5, 0.6) is 0 Å². The number of carbonyl (C=O) groups is 3. The fourth-order valence-electron chi connectivity index (χ4n) is 8.18. The van der Waals surface area contributed by atoms with Gasteiger partial charge >= 0.3 is 17.9 Å². The number of carbonyl (C=O) groups excluding carboxylic acids is 3. The van der Waals surface area contributed by atoms with E-state index in [0.717, 1.165) is 51.4 Å². The van der Waals surface area contributed by atoms with Gasteiger partial charge in [0.15, 0.2) is 6.10 Å². The van der Waals surface area contributed by atoms with Gasteiger partial charge in [-0.2, -0.15) is 0 Å². The van der Waals surface area contributed by atoms with Crippen LogP contribution >= 0.6 is 0 Å². The Morgan fingerprint density at radius 1 is 0.311 bits per heavy atom. The molecular formula is C55H104O6. The minimum Gasteiger partial charge on any atom is -0.462 e. The van der Waals surface area contributed by atoms with E-state index in [-0.39, 0.29) is 37.5 Å². The Balaban J connectivity index is 4.04. The minimum absolute atomic E-state index is 0.0770. The second-order valence-electron chi connectivity index (χ2n) is 18.5. The molecule has 0 N–H and O–H groups in total. The molecule has 360 valence electrons. The zero-order valence-corrected chi connectivity index (χ0v) is 41.2. The highest BCUT2D eigenvalue weighted by Crippen LogP contribution is 2.17.